The third-order valence-electron chi connectivity index (χ3n) is 5.16. The Morgan fingerprint density at radius 3 is 2.70 bits per heavy atom. The van der Waals surface area contributed by atoms with Crippen LogP contribution in [0.25, 0.3) is 6.08 Å². The Hall–Kier alpha value is -3.19. The molecule has 158 valence electrons. The van der Waals surface area contributed by atoms with E-state index in [4.69, 9.17) is 11.1 Å². The van der Waals surface area contributed by atoms with E-state index in [9.17, 15) is 9.60 Å². The first kappa shape index (κ1) is 21.5. The van der Waals surface area contributed by atoms with Crippen LogP contribution in [-0.2, 0) is 0 Å². The van der Waals surface area contributed by atoms with Crippen LogP contribution in [0.1, 0.15) is 30.9 Å². The summed E-state index contributed by atoms with van der Waals surface area (Å²) in [6.45, 7) is 3.63. The fourth-order valence-corrected chi connectivity index (χ4v) is 3.45. The average Bonchev–Trinajstić information content (AvgIpc) is 2.74. The molecule has 30 heavy (non-hydrogen) atoms. The first-order valence-electron chi connectivity index (χ1n) is 10.1. The zero-order valence-electron chi connectivity index (χ0n) is 17.1. The molecule has 0 spiro atoms. The maximum Gasteiger partial charge on any atom is 0.148 e. The zero-order chi connectivity index (χ0) is 21.5. The standard InChI is InChI=1S/C23H28FN5O/c1-17(25)28-14-11-20(12-15-28)27-23(26)19-8-4-6-18(16-19)7-5-13-29(30)22-10-3-2-9-21(22)24/h2-10,16,20,25,30H,11-15H2,1H3,(H2,26,27)/b7-5+,25-17?. The molecule has 0 radical (unpaired) electrons. The van der Waals surface area contributed by atoms with Crippen LogP contribution in [0.2, 0.25) is 0 Å². The van der Waals surface area contributed by atoms with Gasteiger partial charge in [0.2, 0.25) is 0 Å². The number of anilines is 1. The predicted octanol–water partition coefficient (Wildman–Crippen LogP) is 3.90. The summed E-state index contributed by atoms with van der Waals surface area (Å²) < 4.78 is 13.7. The van der Waals surface area contributed by atoms with Crippen molar-refractivity contribution in [1.82, 2.24) is 4.90 Å². The lowest BCUT2D eigenvalue weighted by molar-refractivity contribution is 0.262. The van der Waals surface area contributed by atoms with Gasteiger partial charge >= 0.3 is 0 Å². The summed E-state index contributed by atoms with van der Waals surface area (Å²) in [5, 5.41) is 18.6. The fourth-order valence-electron chi connectivity index (χ4n) is 3.45. The molecular weight excluding hydrogens is 381 g/mol. The Balaban J connectivity index is 1.61. The molecule has 1 aliphatic heterocycles. The molecule has 0 bridgehead atoms. The number of rotatable bonds is 6. The van der Waals surface area contributed by atoms with E-state index in [-0.39, 0.29) is 18.3 Å². The normalized spacial score (nSPS) is 15.6. The highest BCUT2D eigenvalue weighted by Crippen LogP contribution is 2.17. The quantitative estimate of drug-likeness (QED) is 0.383. The third kappa shape index (κ3) is 5.67. The van der Waals surface area contributed by atoms with E-state index in [1.807, 2.05) is 37.3 Å². The van der Waals surface area contributed by atoms with Crippen LogP contribution in [-0.4, -0.2) is 47.5 Å². The monoisotopic (exact) mass is 409 g/mol. The van der Waals surface area contributed by atoms with Gasteiger partial charge < -0.3 is 10.6 Å². The Kier molecular flexibility index (Phi) is 7.19. The van der Waals surface area contributed by atoms with Gasteiger partial charge in [0.25, 0.3) is 0 Å². The Morgan fingerprint density at radius 1 is 1.27 bits per heavy atom. The summed E-state index contributed by atoms with van der Waals surface area (Å²) in [4.78, 5) is 6.74. The third-order valence-corrected chi connectivity index (χ3v) is 5.16. The summed E-state index contributed by atoms with van der Waals surface area (Å²) in [5.74, 6) is 0.632. The molecule has 0 unspecified atom stereocenters. The highest BCUT2D eigenvalue weighted by molar-refractivity contribution is 5.98. The van der Waals surface area contributed by atoms with Crippen LogP contribution in [0.3, 0.4) is 0 Å². The largest absolute Gasteiger partial charge is 0.383 e. The number of piperidine rings is 1. The molecule has 7 heteroatoms. The molecule has 0 amide bonds. The summed E-state index contributed by atoms with van der Waals surface area (Å²) in [6.07, 6.45) is 5.39. The van der Waals surface area contributed by atoms with Crippen LogP contribution in [0.5, 0.6) is 0 Å². The molecule has 0 aliphatic carbocycles. The zero-order valence-corrected chi connectivity index (χ0v) is 17.1. The number of nitrogens with two attached hydrogens (primary N) is 1. The van der Waals surface area contributed by atoms with E-state index in [2.05, 4.69) is 9.89 Å². The van der Waals surface area contributed by atoms with Gasteiger partial charge in [-0.3, -0.25) is 20.7 Å². The van der Waals surface area contributed by atoms with Gasteiger partial charge in [0.05, 0.1) is 24.1 Å². The second kappa shape index (κ2) is 10.0. The minimum absolute atomic E-state index is 0.136. The molecule has 1 fully saturated rings. The van der Waals surface area contributed by atoms with Crippen molar-refractivity contribution in [3.8, 4) is 0 Å². The van der Waals surface area contributed by atoms with Gasteiger partial charge in [0.15, 0.2) is 0 Å². The van der Waals surface area contributed by atoms with Crippen LogP contribution in [0.15, 0.2) is 59.6 Å². The lowest BCUT2D eigenvalue weighted by atomic mass is 10.0. The molecule has 1 aliphatic rings. The average molecular weight is 410 g/mol. The summed E-state index contributed by atoms with van der Waals surface area (Å²) in [5.41, 5.74) is 8.14. The maximum atomic E-state index is 13.7. The van der Waals surface area contributed by atoms with Gasteiger partial charge in [-0.25, -0.2) is 4.39 Å². The molecule has 1 heterocycles. The van der Waals surface area contributed by atoms with Crippen LogP contribution < -0.4 is 10.8 Å². The van der Waals surface area contributed by atoms with Crippen molar-refractivity contribution < 1.29 is 9.60 Å². The predicted molar refractivity (Wildman–Crippen MR) is 120 cm³/mol. The first-order valence-corrected chi connectivity index (χ1v) is 10.1. The number of benzene rings is 2. The van der Waals surface area contributed by atoms with Crippen molar-refractivity contribution in [2.24, 2.45) is 10.7 Å². The molecule has 0 atom stereocenters. The number of hydrogen-bond acceptors (Lipinski definition) is 4. The van der Waals surface area contributed by atoms with Crippen molar-refractivity contribution in [2.45, 2.75) is 25.8 Å². The molecule has 2 aromatic carbocycles. The maximum absolute atomic E-state index is 13.7. The van der Waals surface area contributed by atoms with Gasteiger partial charge in [-0.2, -0.15) is 0 Å². The number of amidine groups is 2. The highest BCUT2D eigenvalue weighted by Gasteiger charge is 2.19. The van der Waals surface area contributed by atoms with E-state index in [0.29, 0.717) is 11.7 Å². The molecule has 1 saturated heterocycles. The lowest BCUT2D eigenvalue weighted by Gasteiger charge is -2.31. The highest BCUT2D eigenvalue weighted by atomic mass is 19.1. The number of likely N-dealkylation sites (tertiary alicyclic amines) is 1. The molecular formula is C23H28FN5O. The fraction of sp³-hybridized carbons (Fsp3) is 0.304. The Morgan fingerprint density at radius 2 is 2.00 bits per heavy atom. The summed E-state index contributed by atoms with van der Waals surface area (Å²) in [6, 6.07) is 14.0. The van der Waals surface area contributed by atoms with Gasteiger partial charge in [-0.1, -0.05) is 42.5 Å². The van der Waals surface area contributed by atoms with Crippen molar-refractivity contribution in [3.05, 3.63) is 71.6 Å². The Labute approximate surface area is 176 Å². The Bertz CT molecular complexity index is 935. The second-order valence-electron chi connectivity index (χ2n) is 7.38. The number of hydroxylamine groups is 1. The molecule has 2 aromatic rings. The smallest absolute Gasteiger partial charge is 0.148 e. The van der Waals surface area contributed by atoms with Gasteiger partial charge in [-0.05, 0) is 43.5 Å². The number of hydrogen-bond donors (Lipinski definition) is 3. The van der Waals surface area contributed by atoms with Crippen molar-refractivity contribution in [2.75, 3.05) is 24.7 Å². The molecule has 6 nitrogen and oxygen atoms in total. The van der Waals surface area contributed by atoms with E-state index in [0.717, 1.165) is 42.1 Å². The number of nitrogens with zero attached hydrogens (tertiary/aromatic N) is 3. The van der Waals surface area contributed by atoms with Crippen LogP contribution >= 0.6 is 0 Å². The van der Waals surface area contributed by atoms with Crippen LogP contribution in [0, 0.1) is 11.2 Å². The van der Waals surface area contributed by atoms with Gasteiger partial charge in [-0.15, -0.1) is 0 Å². The topological polar surface area (TPSA) is 88.9 Å². The second-order valence-corrected chi connectivity index (χ2v) is 7.38. The molecule has 0 aromatic heterocycles. The summed E-state index contributed by atoms with van der Waals surface area (Å²) in [7, 11) is 0. The first-order chi connectivity index (χ1) is 14.4. The van der Waals surface area contributed by atoms with Crippen molar-refractivity contribution in [1.29, 1.82) is 5.41 Å². The van der Waals surface area contributed by atoms with E-state index in [1.54, 1.807) is 18.2 Å². The van der Waals surface area contributed by atoms with Gasteiger partial charge in [0.1, 0.15) is 11.7 Å². The van der Waals surface area contributed by atoms with E-state index >= 15 is 0 Å². The van der Waals surface area contributed by atoms with E-state index in [1.165, 1.54) is 12.1 Å². The van der Waals surface area contributed by atoms with E-state index < -0.39 is 5.82 Å². The lowest BCUT2D eigenvalue weighted by Crippen LogP contribution is -2.38. The number of halogens is 1. The number of para-hydroxylation sites is 1. The summed E-state index contributed by atoms with van der Waals surface area (Å²) >= 11 is 0. The van der Waals surface area contributed by atoms with Crippen molar-refractivity contribution >= 4 is 23.4 Å². The minimum atomic E-state index is -0.471. The van der Waals surface area contributed by atoms with Gasteiger partial charge in [0, 0.05) is 18.7 Å². The molecule has 0 saturated carbocycles. The minimum Gasteiger partial charge on any atom is -0.383 e. The molecule has 3 rings (SSSR count). The SMILES string of the molecule is CC(=N)N1CCC(N=C(N)c2cccc(/C=C/CN(O)c3ccccc3F)c2)CC1. The number of aliphatic imine (C=N–C) groups is 1. The molecule has 4 N–H and O–H groups in total. The van der Waals surface area contributed by atoms with Crippen molar-refractivity contribution in [3.63, 3.8) is 0 Å². The number of nitrogens with one attached hydrogen (secondary N) is 1. The van der Waals surface area contributed by atoms with Crippen LogP contribution in [0.4, 0.5) is 10.1 Å².